The first-order valence-electron chi connectivity index (χ1n) is 5.61. The smallest absolute Gasteiger partial charge is 0.303 e. The van der Waals surface area contributed by atoms with Crippen LogP contribution in [0.2, 0.25) is 0 Å². The third-order valence-electron chi connectivity index (χ3n) is 3.14. The van der Waals surface area contributed by atoms with Crippen LogP contribution >= 0.6 is 15.9 Å². The first-order chi connectivity index (χ1) is 7.65. The van der Waals surface area contributed by atoms with Gasteiger partial charge in [0.1, 0.15) is 0 Å². The van der Waals surface area contributed by atoms with Crippen molar-refractivity contribution in [3.63, 3.8) is 0 Å². The summed E-state index contributed by atoms with van der Waals surface area (Å²) in [7, 11) is 0. The van der Waals surface area contributed by atoms with Crippen LogP contribution in [0.3, 0.4) is 0 Å². The van der Waals surface area contributed by atoms with Crippen LogP contribution in [-0.4, -0.2) is 11.1 Å². The van der Waals surface area contributed by atoms with Gasteiger partial charge < -0.3 is 5.11 Å². The van der Waals surface area contributed by atoms with Gasteiger partial charge in [0.15, 0.2) is 0 Å². The monoisotopic (exact) mass is 282 g/mol. The summed E-state index contributed by atoms with van der Waals surface area (Å²) in [4.78, 5) is 10.8. The summed E-state index contributed by atoms with van der Waals surface area (Å²) in [6.45, 7) is 0. The lowest BCUT2D eigenvalue weighted by molar-refractivity contribution is -0.138. The fraction of sp³-hybridized carbons (Fsp3) is 0.462. The van der Waals surface area contributed by atoms with Crippen LogP contribution in [0, 0.1) is 11.8 Å². The molecule has 3 heteroatoms. The van der Waals surface area contributed by atoms with E-state index in [0.717, 1.165) is 10.9 Å². The molecule has 0 bridgehead atoms. The molecule has 0 aliphatic heterocycles. The summed E-state index contributed by atoms with van der Waals surface area (Å²) in [5, 5.41) is 8.88. The Morgan fingerprint density at radius 3 is 2.50 bits per heavy atom. The summed E-state index contributed by atoms with van der Waals surface area (Å²) >= 11 is 3.40. The number of hydrogen-bond donors (Lipinski definition) is 1. The van der Waals surface area contributed by atoms with Crippen molar-refractivity contribution in [1.82, 2.24) is 0 Å². The van der Waals surface area contributed by atoms with Gasteiger partial charge in [-0.15, -0.1) is 0 Å². The van der Waals surface area contributed by atoms with E-state index in [1.165, 1.54) is 18.4 Å². The quantitative estimate of drug-likeness (QED) is 0.898. The van der Waals surface area contributed by atoms with Crippen LogP contribution in [0.4, 0.5) is 0 Å². The molecule has 86 valence electrons. The van der Waals surface area contributed by atoms with Crippen LogP contribution in [0.5, 0.6) is 0 Å². The van der Waals surface area contributed by atoms with E-state index >= 15 is 0 Å². The first-order valence-corrected chi connectivity index (χ1v) is 6.40. The van der Waals surface area contributed by atoms with E-state index in [0.29, 0.717) is 18.3 Å². The Kier molecular flexibility index (Phi) is 3.64. The summed E-state index contributed by atoms with van der Waals surface area (Å²) < 4.78 is 1.07. The topological polar surface area (TPSA) is 37.3 Å². The maximum absolute atomic E-state index is 10.8. The zero-order valence-electron chi connectivity index (χ0n) is 9.03. The number of rotatable bonds is 5. The Balaban J connectivity index is 1.99. The maximum Gasteiger partial charge on any atom is 0.303 e. The molecule has 1 aliphatic rings. The highest BCUT2D eigenvalue weighted by Crippen LogP contribution is 2.40. The van der Waals surface area contributed by atoms with E-state index in [-0.39, 0.29) is 0 Å². The van der Waals surface area contributed by atoms with Crippen molar-refractivity contribution in [1.29, 1.82) is 0 Å². The van der Waals surface area contributed by atoms with Gasteiger partial charge in [0.05, 0.1) is 0 Å². The van der Waals surface area contributed by atoms with Gasteiger partial charge in [0.2, 0.25) is 0 Å². The Hall–Kier alpha value is -0.830. The fourth-order valence-electron chi connectivity index (χ4n) is 2.12. The molecular formula is C13H15BrO2. The van der Waals surface area contributed by atoms with E-state index in [1.807, 2.05) is 12.1 Å². The Labute approximate surface area is 104 Å². The average Bonchev–Trinajstić information content (AvgIpc) is 3.03. The van der Waals surface area contributed by atoms with Crippen molar-refractivity contribution in [2.45, 2.75) is 25.7 Å². The van der Waals surface area contributed by atoms with Crippen LogP contribution in [-0.2, 0) is 11.2 Å². The normalized spacial score (nSPS) is 17.1. The van der Waals surface area contributed by atoms with Crippen molar-refractivity contribution in [3.05, 3.63) is 34.3 Å². The van der Waals surface area contributed by atoms with E-state index < -0.39 is 5.97 Å². The second-order valence-electron chi connectivity index (χ2n) is 4.53. The van der Waals surface area contributed by atoms with Crippen molar-refractivity contribution >= 4 is 21.9 Å². The molecule has 16 heavy (non-hydrogen) atoms. The molecule has 0 aromatic heterocycles. The molecule has 1 unspecified atom stereocenters. The van der Waals surface area contributed by atoms with E-state index in [9.17, 15) is 4.79 Å². The molecule has 1 N–H and O–H groups in total. The Morgan fingerprint density at radius 1 is 1.38 bits per heavy atom. The Bertz CT molecular complexity index is 368. The molecule has 1 saturated carbocycles. The Morgan fingerprint density at radius 2 is 2.00 bits per heavy atom. The highest BCUT2D eigenvalue weighted by atomic mass is 79.9. The lowest BCUT2D eigenvalue weighted by Gasteiger charge is -2.13. The molecule has 0 amide bonds. The van der Waals surface area contributed by atoms with Gasteiger partial charge >= 0.3 is 5.97 Å². The minimum atomic E-state index is -0.672. The SMILES string of the molecule is O=C(O)CC(Cc1ccc(Br)cc1)C1CC1. The third-order valence-corrected chi connectivity index (χ3v) is 3.67. The first kappa shape index (κ1) is 11.6. The zero-order chi connectivity index (χ0) is 11.5. The predicted molar refractivity (Wildman–Crippen MR) is 66.3 cm³/mol. The number of hydrogen-bond acceptors (Lipinski definition) is 1. The summed E-state index contributed by atoms with van der Waals surface area (Å²) in [6, 6.07) is 8.17. The molecule has 1 aromatic carbocycles. The van der Waals surface area contributed by atoms with Crippen molar-refractivity contribution in [2.75, 3.05) is 0 Å². The van der Waals surface area contributed by atoms with E-state index in [4.69, 9.17) is 5.11 Å². The zero-order valence-corrected chi connectivity index (χ0v) is 10.6. The highest BCUT2D eigenvalue weighted by Gasteiger charge is 2.32. The second kappa shape index (κ2) is 5.00. The number of carboxylic acid groups (broad SMARTS) is 1. The molecule has 0 radical (unpaired) electrons. The molecule has 2 rings (SSSR count). The number of aliphatic carboxylic acids is 1. The minimum absolute atomic E-state index is 0.306. The molecule has 1 aromatic rings. The number of benzene rings is 1. The molecule has 1 aliphatic carbocycles. The van der Waals surface area contributed by atoms with Crippen LogP contribution in [0.25, 0.3) is 0 Å². The largest absolute Gasteiger partial charge is 0.481 e. The van der Waals surface area contributed by atoms with Crippen LogP contribution in [0.15, 0.2) is 28.7 Å². The molecule has 2 nitrogen and oxygen atoms in total. The lowest BCUT2D eigenvalue weighted by atomic mass is 9.92. The summed E-state index contributed by atoms with van der Waals surface area (Å²) in [5.41, 5.74) is 1.24. The number of halogens is 1. The number of carbonyl (C=O) groups is 1. The maximum atomic E-state index is 10.8. The van der Waals surface area contributed by atoms with E-state index in [2.05, 4.69) is 28.1 Å². The van der Waals surface area contributed by atoms with Gasteiger partial charge in [-0.25, -0.2) is 0 Å². The van der Waals surface area contributed by atoms with Gasteiger partial charge in [-0.3, -0.25) is 4.79 Å². The van der Waals surface area contributed by atoms with E-state index in [1.54, 1.807) is 0 Å². The molecule has 0 spiro atoms. The van der Waals surface area contributed by atoms with Crippen LogP contribution < -0.4 is 0 Å². The summed E-state index contributed by atoms with van der Waals surface area (Å²) in [5.74, 6) is 0.285. The van der Waals surface area contributed by atoms with Gasteiger partial charge in [-0.05, 0) is 48.8 Å². The van der Waals surface area contributed by atoms with Gasteiger partial charge in [0.25, 0.3) is 0 Å². The molecule has 1 fully saturated rings. The predicted octanol–water partition coefficient (Wildman–Crippen LogP) is 3.49. The second-order valence-corrected chi connectivity index (χ2v) is 5.44. The highest BCUT2D eigenvalue weighted by molar-refractivity contribution is 9.10. The summed E-state index contributed by atoms with van der Waals surface area (Å²) in [6.07, 6.45) is 3.61. The lowest BCUT2D eigenvalue weighted by Crippen LogP contribution is -2.12. The standard InChI is InChI=1S/C13H15BrO2/c14-12-5-1-9(2-6-12)7-11(8-13(15)16)10-3-4-10/h1-2,5-6,10-11H,3-4,7-8H2,(H,15,16). The molecule has 0 saturated heterocycles. The van der Waals surface area contributed by atoms with Crippen molar-refractivity contribution < 1.29 is 9.90 Å². The van der Waals surface area contributed by atoms with Crippen molar-refractivity contribution in [3.8, 4) is 0 Å². The van der Waals surface area contributed by atoms with Crippen molar-refractivity contribution in [2.24, 2.45) is 11.8 Å². The third kappa shape index (κ3) is 3.34. The molecule has 0 heterocycles. The fourth-order valence-corrected chi connectivity index (χ4v) is 2.38. The number of carboxylic acids is 1. The average molecular weight is 283 g/mol. The van der Waals surface area contributed by atoms with Crippen LogP contribution in [0.1, 0.15) is 24.8 Å². The van der Waals surface area contributed by atoms with Gasteiger partial charge in [-0.2, -0.15) is 0 Å². The minimum Gasteiger partial charge on any atom is -0.481 e. The molecular weight excluding hydrogens is 268 g/mol. The van der Waals surface area contributed by atoms with Gasteiger partial charge in [0, 0.05) is 10.9 Å². The molecule has 1 atom stereocenters. The van der Waals surface area contributed by atoms with Gasteiger partial charge in [-0.1, -0.05) is 28.1 Å².